The van der Waals surface area contributed by atoms with Crippen molar-refractivity contribution < 1.29 is 21.6 Å². The van der Waals surface area contributed by atoms with Gasteiger partial charge in [0.25, 0.3) is 0 Å². The molecule has 0 atom stereocenters. The molecule has 3 aromatic carbocycles. The molecule has 4 rings (SSSR count). The number of rotatable bonds is 10. The van der Waals surface area contributed by atoms with Crippen LogP contribution in [0.3, 0.4) is 0 Å². The first-order valence-corrected chi connectivity index (χ1v) is 15.6. The van der Waals surface area contributed by atoms with E-state index in [1.807, 2.05) is 0 Å². The molecule has 202 valence electrons. The molecule has 38 heavy (non-hydrogen) atoms. The summed E-state index contributed by atoms with van der Waals surface area (Å²) in [4.78, 5) is 13.1. The highest BCUT2D eigenvalue weighted by Crippen LogP contribution is 2.24. The molecule has 8 nitrogen and oxygen atoms in total. The van der Waals surface area contributed by atoms with Crippen molar-refractivity contribution in [3.8, 4) is 0 Å². The molecular weight excluding hydrogens is 569 g/mol. The molecule has 0 spiro atoms. The van der Waals surface area contributed by atoms with Crippen LogP contribution in [0.15, 0.2) is 82.6 Å². The predicted octanol–water partition coefficient (Wildman–Crippen LogP) is 4.29. The second-order valence-electron chi connectivity index (χ2n) is 8.85. The van der Waals surface area contributed by atoms with Crippen LogP contribution < -0.4 is 5.32 Å². The quantitative estimate of drug-likeness (QED) is 0.376. The highest BCUT2D eigenvalue weighted by atomic mass is 35.5. The third-order valence-electron chi connectivity index (χ3n) is 6.19. The zero-order chi connectivity index (χ0) is 27.3. The van der Waals surface area contributed by atoms with Gasteiger partial charge in [-0.2, -0.15) is 8.61 Å². The third-order valence-corrected chi connectivity index (χ3v) is 10.5. The summed E-state index contributed by atoms with van der Waals surface area (Å²) in [6.07, 6.45) is 1.70. The molecule has 0 unspecified atom stereocenters. The van der Waals surface area contributed by atoms with E-state index in [1.165, 1.54) is 40.7 Å². The van der Waals surface area contributed by atoms with Gasteiger partial charge in [0.15, 0.2) is 0 Å². The van der Waals surface area contributed by atoms with Gasteiger partial charge in [0, 0.05) is 36.2 Å². The largest absolute Gasteiger partial charge is 0.351 e. The smallest absolute Gasteiger partial charge is 0.243 e. The maximum absolute atomic E-state index is 13.4. The van der Waals surface area contributed by atoms with Crippen LogP contribution in [0, 0.1) is 0 Å². The van der Waals surface area contributed by atoms with E-state index in [0.29, 0.717) is 34.3 Å². The summed E-state index contributed by atoms with van der Waals surface area (Å²) in [6.45, 7) is 0.579. The molecule has 1 amide bonds. The van der Waals surface area contributed by atoms with Gasteiger partial charge in [0.1, 0.15) is 0 Å². The van der Waals surface area contributed by atoms with Gasteiger partial charge in [0.2, 0.25) is 26.0 Å². The normalized spacial score (nSPS) is 14.6. The van der Waals surface area contributed by atoms with Crippen molar-refractivity contribution >= 4 is 49.2 Å². The van der Waals surface area contributed by atoms with E-state index in [9.17, 15) is 21.6 Å². The fraction of sp³-hybridized carbons (Fsp3) is 0.269. The lowest BCUT2D eigenvalue weighted by Gasteiger charge is -2.22. The Morgan fingerprint density at radius 3 is 2.08 bits per heavy atom. The molecule has 0 bridgehead atoms. The number of carbonyl (C=O) groups is 1. The van der Waals surface area contributed by atoms with Crippen molar-refractivity contribution in [2.45, 2.75) is 35.7 Å². The van der Waals surface area contributed by atoms with Gasteiger partial charge in [-0.25, -0.2) is 16.8 Å². The maximum Gasteiger partial charge on any atom is 0.243 e. The number of halogens is 2. The highest BCUT2D eigenvalue weighted by Gasteiger charge is 2.28. The molecule has 12 heteroatoms. The summed E-state index contributed by atoms with van der Waals surface area (Å²) in [6, 6.07) is 18.8. The lowest BCUT2D eigenvalue weighted by molar-refractivity contribution is -0.121. The Bertz CT molecular complexity index is 1490. The Kier molecular flexibility index (Phi) is 9.12. The van der Waals surface area contributed by atoms with Crippen LogP contribution in [0.5, 0.6) is 0 Å². The van der Waals surface area contributed by atoms with Crippen LogP contribution in [-0.2, 0) is 37.9 Å². The minimum Gasteiger partial charge on any atom is -0.351 e. The zero-order valence-electron chi connectivity index (χ0n) is 20.4. The van der Waals surface area contributed by atoms with Crippen LogP contribution in [0.2, 0.25) is 10.0 Å². The fourth-order valence-electron chi connectivity index (χ4n) is 4.07. The average Bonchev–Trinajstić information content (AvgIpc) is 3.45. The number of hydrogen-bond donors (Lipinski definition) is 1. The first kappa shape index (κ1) is 28.5. The van der Waals surface area contributed by atoms with Gasteiger partial charge >= 0.3 is 0 Å². The van der Waals surface area contributed by atoms with Crippen LogP contribution in [0.25, 0.3) is 0 Å². The van der Waals surface area contributed by atoms with E-state index >= 15 is 0 Å². The van der Waals surface area contributed by atoms with E-state index in [-0.39, 0.29) is 22.9 Å². The number of sulfonamides is 2. The van der Waals surface area contributed by atoms with E-state index in [0.717, 1.165) is 17.1 Å². The molecule has 1 aliphatic rings. The Labute approximate surface area is 233 Å². The summed E-state index contributed by atoms with van der Waals surface area (Å²) in [5, 5.41) is 3.49. The molecule has 0 aromatic heterocycles. The monoisotopic (exact) mass is 595 g/mol. The number of hydrogen-bond acceptors (Lipinski definition) is 5. The van der Waals surface area contributed by atoms with Crippen LogP contribution in [0.4, 0.5) is 0 Å². The van der Waals surface area contributed by atoms with Gasteiger partial charge in [-0.05, 0) is 66.4 Å². The Morgan fingerprint density at radius 2 is 1.45 bits per heavy atom. The molecule has 0 saturated carbocycles. The molecule has 3 aromatic rings. The van der Waals surface area contributed by atoms with Crippen molar-refractivity contribution in [3.63, 3.8) is 0 Å². The van der Waals surface area contributed by atoms with Crippen molar-refractivity contribution in [1.82, 2.24) is 13.9 Å². The van der Waals surface area contributed by atoms with E-state index in [2.05, 4.69) is 5.32 Å². The van der Waals surface area contributed by atoms with Gasteiger partial charge in [0.05, 0.1) is 16.3 Å². The fourth-order valence-corrected chi connectivity index (χ4v) is 7.28. The number of nitrogens with zero attached hydrogens (tertiary/aromatic N) is 2. The Hall–Kier alpha value is -2.47. The molecule has 0 aliphatic carbocycles. The average molecular weight is 597 g/mol. The first-order chi connectivity index (χ1) is 18.1. The molecule has 1 saturated heterocycles. The topological polar surface area (TPSA) is 104 Å². The molecule has 1 N–H and O–H groups in total. The van der Waals surface area contributed by atoms with Crippen LogP contribution in [0.1, 0.15) is 24.0 Å². The minimum atomic E-state index is -4.06. The maximum atomic E-state index is 13.4. The second-order valence-corrected chi connectivity index (χ2v) is 13.6. The lowest BCUT2D eigenvalue weighted by atomic mass is 10.2. The SMILES string of the molecule is O=C(CN(Cc1ccccc1Cl)S(=O)(=O)c1ccc(Cl)cc1)NCc1ccc(S(=O)(=O)N2CCCC2)cc1. The van der Waals surface area contributed by atoms with Gasteiger partial charge in [-0.1, -0.05) is 53.5 Å². The highest BCUT2D eigenvalue weighted by molar-refractivity contribution is 7.89. The Balaban J connectivity index is 1.46. The van der Waals surface area contributed by atoms with Crippen molar-refractivity contribution in [3.05, 3.63) is 94.0 Å². The van der Waals surface area contributed by atoms with Crippen LogP contribution >= 0.6 is 23.2 Å². The van der Waals surface area contributed by atoms with E-state index < -0.39 is 32.5 Å². The number of carbonyl (C=O) groups excluding carboxylic acids is 1. The number of nitrogens with one attached hydrogen (secondary N) is 1. The number of benzene rings is 3. The minimum absolute atomic E-state index is 0.00319. The van der Waals surface area contributed by atoms with E-state index in [4.69, 9.17) is 23.2 Å². The number of amides is 1. The molecule has 1 heterocycles. The van der Waals surface area contributed by atoms with Crippen molar-refractivity contribution in [2.75, 3.05) is 19.6 Å². The molecule has 1 aliphatic heterocycles. The molecular formula is C26H27Cl2N3O5S2. The van der Waals surface area contributed by atoms with Gasteiger partial charge in [-0.3, -0.25) is 4.79 Å². The Morgan fingerprint density at radius 1 is 0.842 bits per heavy atom. The third kappa shape index (κ3) is 6.74. The van der Waals surface area contributed by atoms with Crippen molar-refractivity contribution in [2.24, 2.45) is 0 Å². The molecule has 0 radical (unpaired) electrons. The van der Waals surface area contributed by atoms with Gasteiger partial charge in [-0.15, -0.1) is 0 Å². The summed E-state index contributed by atoms with van der Waals surface area (Å²) in [5.74, 6) is -0.525. The molecule has 1 fully saturated rings. The summed E-state index contributed by atoms with van der Waals surface area (Å²) >= 11 is 12.2. The standard InChI is InChI=1S/C26H27Cl2N3O5S2/c27-22-9-13-24(14-10-22)38(35,36)31(18-21-5-1-2-6-25(21)28)19-26(32)29-17-20-7-11-23(12-8-20)37(33,34)30-15-3-4-16-30/h1-2,5-14H,3-4,15-19H2,(H,29,32). The first-order valence-electron chi connectivity index (χ1n) is 11.9. The van der Waals surface area contributed by atoms with Crippen molar-refractivity contribution in [1.29, 1.82) is 0 Å². The van der Waals surface area contributed by atoms with Gasteiger partial charge < -0.3 is 5.32 Å². The lowest BCUT2D eigenvalue weighted by Crippen LogP contribution is -2.40. The summed E-state index contributed by atoms with van der Waals surface area (Å²) < 4.78 is 54.8. The second kappa shape index (κ2) is 12.1. The van der Waals surface area contributed by atoms with Crippen LogP contribution in [-0.4, -0.2) is 51.0 Å². The van der Waals surface area contributed by atoms with E-state index in [1.54, 1.807) is 36.4 Å². The zero-order valence-corrected chi connectivity index (χ0v) is 23.5. The predicted molar refractivity (Wildman–Crippen MR) is 147 cm³/mol. The summed E-state index contributed by atoms with van der Waals surface area (Å²) in [5.41, 5.74) is 1.23. The summed E-state index contributed by atoms with van der Waals surface area (Å²) in [7, 11) is -7.58.